The Balaban J connectivity index is 1.12. The molecule has 4 aliphatic rings. The van der Waals surface area contributed by atoms with Crippen LogP contribution >= 0.6 is 0 Å². The van der Waals surface area contributed by atoms with E-state index in [0.717, 1.165) is 89.3 Å². The largest absolute Gasteiger partial charge is 0.460 e. The molecule has 7 nitrogen and oxygen atoms in total. The highest BCUT2D eigenvalue weighted by atomic mass is 16.5. The second kappa shape index (κ2) is 11.1. The van der Waals surface area contributed by atoms with Gasteiger partial charge in [-0.1, -0.05) is 43.5 Å². The number of ether oxygens (including phenoxy) is 1. The van der Waals surface area contributed by atoms with Gasteiger partial charge in [-0.25, -0.2) is 4.79 Å². The van der Waals surface area contributed by atoms with E-state index < -0.39 is 11.2 Å². The molecule has 7 rings (SSSR count). The fourth-order valence-corrected chi connectivity index (χ4v) is 7.05. The van der Waals surface area contributed by atoms with Gasteiger partial charge < -0.3 is 9.15 Å². The summed E-state index contributed by atoms with van der Waals surface area (Å²) in [6, 6.07) is 13.6. The number of unbranched alkanes of at least 4 members (excludes halogenated alkanes) is 1. The van der Waals surface area contributed by atoms with Crippen LogP contribution < -0.4 is 5.76 Å². The fraction of sp³-hybridized carbons (Fsp3) is 0.531. The molecule has 1 atom stereocenters. The van der Waals surface area contributed by atoms with Gasteiger partial charge >= 0.3 is 11.7 Å². The number of benzene rings is 2. The van der Waals surface area contributed by atoms with Crippen molar-refractivity contribution in [1.29, 1.82) is 0 Å². The van der Waals surface area contributed by atoms with Crippen molar-refractivity contribution in [3.05, 3.63) is 69.7 Å². The molecule has 2 bridgehead atoms. The predicted molar refractivity (Wildman–Crippen MR) is 149 cm³/mol. The van der Waals surface area contributed by atoms with Crippen molar-refractivity contribution in [2.24, 2.45) is 5.92 Å². The zero-order chi connectivity index (χ0) is 26.8. The smallest absolute Gasteiger partial charge is 0.419 e. The maximum absolute atomic E-state index is 13.8. The lowest BCUT2D eigenvalue weighted by Gasteiger charge is -2.45. The van der Waals surface area contributed by atoms with E-state index in [0.29, 0.717) is 29.1 Å². The molecule has 1 aliphatic carbocycles. The lowest BCUT2D eigenvalue weighted by atomic mass is 9.69. The number of piperidine rings is 3. The van der Waals surface area contributed by atoms with E-state index in [1.54, 1.807) is 22.8 Å². The van der Waals surface area contributed by atoms with E-state index in [1.165, 1.54) is 12.0 Å². The normalized spacial score (nSPS) is 24.1. The van der Waals surface area contributed by atoms with Gasteiger partial charge in [0.2, 0.25) is 0 Å². The van der Waals surface area contributed by atoms with Gasteiger partial charge in [0.1, 0.15) is 12.4 Å². The molecule has 0 amide bonds. The van der Waals surface area contributed by atoms with Crippen molar-refractivity contribution in [1.82, 2.24) is 9.47 Å². The van der Waals surface area contributed by atoms with Crippen LogP contribution in [0, 0.1) is 5.92 Å². The number of oxazole rings is 1. The van der Waals surface area contributed by atoms with E-state index in [1.807, 2.05) is 0 Å². The molecule has 2 aromatic carbocycles. The number of aryl methyl sites for hydroxylation is 2. The van der Waals surface area contributed by atoms with E-state index >= 15 is 0 Å². The summed E-state index contributed by atoms with van der Waals surface area (Å²) >= 11 is 0. The summed E-state index contributed by atoms with van der Waals surface area (Å²) in [5.74, 6) is 0.107. The van der Waals surface area contributed by atoms with Crippen LogP contribution in [0.5, 0.6) is 0 Å². The standard InChI is InChI=1S/C32H38N2O5/c35-22-24-10-11-27-28(20-24)39-31(37)34(27)16-5-2-7-23-8-6-9-26(19-23)32(14-3-1-4-15-32)30(36)38-29-21-33-17-12-25(29)13-18-33/h6,8-11,19-20,22,25,29H,1-5,7,12-18,21H2. The van der Waals surface area contributed by atoms with E-state index in [9.17, 15) is 14.4 Å². The van der Waals surface area contributed by atoms with Crippen LogP contribution in [0.2, 0.25) is 0 Å². The number of aromatic nitrogens is 1. The fourth-order valence-electron chi connectivity index (χ4n) is 7.05. The second-order valence-corrected chi connectivity index (χ2v) is 11.7. The Labute approximate surface area is 229 Å². The molecule has 39 heavy (non-hydrogen) atoms. The number of fused-ring (bicyclic) bond motifs is 4. The predicted octanol–water partition coefficient (Wildman–Crippen LogP) is 5.27. The van der Waals surface area contributed by atoms with Crippen molar-refractivity contribution in [2.45, 2.75) is 82.3 Å². The summed E-state index contributed by atoms with van der Waals surface area (Å²) in [6.45, 7) is 3.72. The second-order valence-electron chi connectivity index (χ2n) is 11.7. The highest BCUT2D eigenvalue weighted by Crippen LogP contribution is 2.42. The minimum Gasteiger partial charge on any atom is -0.460 e. The maximum atomic E-state index is 13.8. The maximum Gasteiger partial charge on any atom is 0.419 e. The van der Waals surface area contributed by atoms with E-state index in [-0.39, 0.29) is 12.1 Å². The van der Waals surface area contributed by atoms with Gasteiger partial charge in [0.15, 0.2) is 5.58 Å². The van der Waals surface area contributed by atoms with Crippen LogP contribution in [0.4, 0.5) is 0 Å². The number of hydrogen-bond donors (Lipinski definition) is 0. The molecule has 0 N–H and O–H groups in total. The van der Waals surface area contributed by atoms with Crippen molar-refractivity contribution in [3.63, 3.8) is 0 Å². The monoisotopic (exact) mass is 530 g/mol. The lowest BCUT2D eigenvalue weighted by Crippen LogP contribution is -2.53. The Morgan fingerprint density at radius 2 is 1.87 bits per heavy atom. The number of aldehydes is 1. The Bertz CT molecular complexity index is 1390. The van der Waals surface area contributed by atoms with Crippen molar-refractivity contribution < 1.29 is 18.7 Å². The molecule has 3 saturated heterocycles. The summed E-state index contributed by atoms with van der Waals surface area (Å²) in [5.41, 5.74) is 3.44. The van der Waals surface area contributed by atoms with Crippen LogP contribution in [-0.2, 0) is 27.9 Å². The molecule has 4 fully saturated rings. The third-order valence-electron chi connectivity index (χ3n) is 9.36. The molecular formula is C32H38N2O5. The van der Waals surface area contributed by atoms with Crippen molar-refractivity contribution in [2.75, 3.05) is 19.6 Å². The third kappa shape index (κ3) is 5.21. The number of carbonyl (C=O) groups excluding carboxylic acids is 2. The molecule has 1 saturated carbocycles. The van der Waals surface area contributed by atoms with Gasteiger partial charge in [0.05, 0.1) is 10.9 Å². The lowest BCUT2D eigenvalue weighted by molar-refractivity contribution is -0.167. The first-order valence-electron chi connectivity index (χ1n) is 14.7. The van der Waals surface area contributed by atoms with Crippen LogP contribution in [0.25, 0.3) is 11.1 Å². The Kier molecular flexibility index (Phi) is 7.43. The zero-order valence-electron chi connectivity index (χ0n) is 22.6. The van der Waals surface area contributed by atoms with Crippen LogP contribution in [0.1, 0.15) is 79.3 Å². The number of esters is 1. The average molecular weight is 531 g/mol. The molecule has 3 aliphatic heterocycles. The molecule has 7 heteroatoms. The minimum atomic E-state index is -0.538. The van der Waals surface area contributed by atoms with Crippen LogP contribution in [0.15, 0.2) is 51.7 Å². The summed E-state index contributed by atoms with van der Waals surface area (Å²) in [5, 5.41) is 0. The average Bonchev–Trinajstić information content (AvgIpc) is 3.30. The van der Waals surface area contributed by atoms with Crippen molar-refractivity contribution in [3.8, 4) is 0 Å². The first-order valence-corrected chi connectivity index (χ1v) is 14.7. The summed E-state index contributed by atoms with van der Waals surface area (Å²) < 4.78 is 13.3. The number of hydrogen-bond acceptors (Lipinski definition) is 6. The summed E-state index contributed by atoms with van der Waals surface area (Å²) in [4.78, 5) is 39.7. The van der Waals surface area contributed by atoms with Gasteiger partial charge in [-0.05, 0) is 93.3 Å². The van der Waals surface area contributed by atoms with Crippen LogP contribution in [-0.4, -0.2) is 47.5 Å². The highest BCUT2D eigenvalue weighted by molar-refractivity contribution is 5.84. The van der Waals surface area contributed by atoms with Gasteiger partial charge in [0.25, 0.3) is 0 Å². The minimum absolute atomic E-state index is 0.0120. The number of nitrogens with zero attached hydrogens (tertiary/aromatic N) is 2. The highest BCUT2D eigenvalue weighted by Gasteiger charge is 2.45. The molecule has 3 aromatic rings. The summed E-state index contributed by atoms with van der Waals surface area (Å²) in [6.07, 6.45) is 10.7. The van der Waals surface area contributed by atoms with Gasteiger partial charge in [-0.15, -0.1) is 0 Å². The SMILES string of the molecule is O=Cc1ccc2c(c1)oc(=O)n2CCCCc1cccc(C2(C(=O)OC3CN4CCC3CC4)CCCCC2)c1. The first kappa shape index (κ1) is 26.1. The quantitative estimate of drug-likeness (QED) is 0.213. The van der Waals surface area contributed by atoms with Gasteiger partial charge in [-0.2, -0.15) is 0 Å². The zero-order valence-corrected chi connectivity index (χ0v) is 22.6. The molecular weight excluding hydrogens is 492 g/mol. The summed E-state index contributed by atoms with van der Waals surface area (Å²) in [7, 11) is 0. The van der Waals surface area contributed by atoms with E-state index in [2.05, 4.69) is 29.2 Å². The molecule has 0 radical (unpaired) electrons. The van der Waals surface area contributed by atoms with Crippen molar-refractivity contribution >= 4 is 23.4 Å². The molecule has 1 aromatic heterocycles. The van der Waals surface area contributed by atoms with E-state index in [4.69, 9.17) is 9.15 Å². The Hall–Kier alpha value is -3.19. The Morgan fingerprint density at radius 1 is 1.05 bits per heavy atom. The van der Waals surface area contributed by atoms with Crippen LogP contribution in [0.3, 0.4) is 0 Å². The molecule has 1 unspecified atom stereocenters. The molecule has 4 heterocycles. The van der Waals surface area contributed by atoms with Gasteiger partial charge in [0, 0.05) is 18.7 Å². The first-order chi connectivity index (χ1) is 19.1. The topological polar surface area (TPSA) is 81.8 Å². The van der Waals surface area contributed by atoms with Gasteiger partial charge in [-0.3, -0.25) is 19.1 Å². The Morgan fingerprint density at radius 3 is 2.62 bits per heavy atom. The molecule has 0 spiro atoms. The molecule has 206 valence electrons. The number of rotatable bonds is 9. The third-order valence-corrected chi connectivity index (χ3v) is 9.36. The number of carbonyl (C=O) groups is 2.